The standard InChI is InChI=1S/C33H36Cl2F2N2O5S2/c1-32(2,3)46(43,44)17-25(18-8-9-18)39-29(20-10-11-23(35)24(36)13-20)22(19-6-5-7-21(34)12-19)14-33(4,31(39)42)15-27-38-16-26(45-27)28(37)30(40)41/h5-7,10-13,16,18,22,25,28-29H,8-9,14-15,17H2,1-4H3,(H,40,41)/t22-,25-,28?,29-,33-/m1/s1. The molecular weight excluding hydrogens is 677 g/mol. The summed E-state index contributed by atoms with van der Waals surface area (Å²) in [4.78, 5) is 32.1. The maximum Gasteiger partial charge on any atom is 0.343 e. The summed E-state index contributed by atoms with van der Waals surface area (Å²) >= 11 is 13.4. The molecule has 1 aromatic heterocycles. The van der Waals surface area contributed by atoms with Crippen LogP contribution < -0.4 is 0 Å². The van der Waals surface area contributed by atoms with Crippen LogP contribution in [0.2, 0.25) is 10.0 Å². The van der Waals surface area contributed by atoms with Crippen LogP contribution in [0.25, 0.3) is 0 Å². The maximum atomic E-state index is 15.1. The minimum absolute atomic E-state index is 0.0571. The SMILES string of the molecule is CC(C)(C)S(=O)(=O)C[C@H](C1CC1)N1C(=O)[C@@](C)(Cc2ncc(C(F)C(=O)O)s2)C[C@H](c2cccc(Cl)c2)[C@H]1c1ccc(Cl)c(F)c1. The molecule has 0 radical (unpaired) electrons. The molecule has 1 N–H and O–H groups in total. The van der Waals surface area contributed by atoms with Crippen molar-refractivity contribution in [3.8, 4) is 0 Å². The Labute approximate surface area is 281 Å². The highest BCUT2D eigenvalue weighted by molar-refractivity contribution is 7.92. The van der Waals surface area contributed by atoms with E-state index in [0.717, 1.165) is 29.7 Å². The molecule has 5 atom stereocenters. The number of sulfone groups is 1. The largest absolute Gasteiger partial charge is 0.479 e. The van der Waals surface area contributed by atoms with Gasteiger partial charge in [0.05, 0.1) is 36.9 Å². The van der Waals surface area contributed by atoms with Gasteiger partial charge in [0, 0.05) is 29.6 Å². The first-order valence-electron chi connectivity index (χ1n) is 15.0. The average molecular weight is 714 g/mol. The van der Waals surface area contributed by atoms with Crippen molar-refractivity contribution in [3.63, 3.8) is 0 Å². The Kier molecular flexibility index (Phi) is 9.65. The first-order chi connectivity index (χ1) is 21.4. The lowest BCUT2D eigenvalue weighted by Crippen LogP contribution is -2.59. The fraction of sp³-hybridized carbons (Fsp3) is 0.485. The van der Waals surface area contributed by atoms with Crippen LogP contribution >= 0.6 is 34.5 Å². The number of benzene rings is 2. The van der Waals surface area contributed by atoms with Gasteiger partial charge in [0.15, 0.2) is 9.84 Å². The monoisotopic (exact) mass is 712 g/mol. The fourth-order valence-corrected chi connectivity index (χ4v) is 9.10. The van der Waals surface area contributed by atoms with Crippen molar-refractivity contribution in [2.45, 2.75) is 82.3 Å². The van der Waals surface area contributed by atoms with Crippen LogP contribution in [0.15, 0.2) is 48.7 Å². The first kappa shape index (κ1) is 34.7. The third kappa shape index (κ3) is 6.98. The van der Waals surface area contributed by atoms with Crippen LogP contribution in [0.5, 0.6) is 0 Å². The van der Waals surface area contributed by atoms with Crippen molar-refractivity contribution >= 4 is 56.3 Å². The second kappa shape index (κ2) is 12.8. The average Bonchev–Trinajstić information content (AvgIpc) is 3.72. The highest BCUT2D eigenvalue weighted by Crippen LogP contribution is 2.54. The molecule has 1 saturated carbocycles. The summed E-state index contributed by atoms with van der Waals surface area (Å²) in [6.45, 7) is 6.66. The minimum Gasteiger partial charge on any atom is -0.479 e. The van der Waals surface area contributed by atoms with Crippen molar-refractivity contribution in [1.82, 2.24) is 9.88 Å². The summed E-state index contributed by atoms with van der Waals surface area (Å²) in [5.74, 6) is -3.46. The van der Waals surface area contributed by atoms with E-state index < -0.39 is 56.0 Å². The summed E-state index contributed by atoms with van der Waals surface area (Å²) in [6.07, 6.45) is 0.691. The van der Waals surface area contributed by atoms with Gasteiger partial charge >= 0.3 is 5.97 Å². The molecule has 7 nitrogen and oxygen atoms in total. The predicted molar refractivity (Wildman–Crippen MR) is 175 cm³/mol. The van der Waals surface area contributed by atoms with Gasteiger partial charge in [-0.25, -0.2) is 27.0 Å². The highest BCUT2D eigenvalue weighted by Gasteiger charge is 2.55. The van der Waals surface area contributed by atoms with E-state index in [0.29, 0.717) is 15.6 Å². The number of hydrogen-bond acceptors (Lipinski definition) is 6. The summed E-state index contributed by atoms with van der Waals surface area (Å²) in [6, 6.07) is 10.1. The molecule has 2 aliphatic rings. The number of nitrogens with zero attached hydrogens (tertiary/aromatic N) is 2. The van der Waals surface area contributed by atoms with E-state index in [4.69, 9.17) is 28.3 Å². The van der Waals surface area contributed by atoms with Crippen molar-refractivity contribution in [1.29, 1.82) is 0 Å². The number of carboxylic acid groups (broad SMARTS) is 1. The van der Waals surface area contributed by atoms with Gasteiger partial charge in [-0.05, 0) is 81.3 Å². The Bertz CT molecular complexity index is 1760. The molecule has 0 spiro atoms. The van der Waals surface area contributed by atoms with Gasteiger partial charge in [-0.15, -0.1) is 11.3 Å². The lowest BCUT2D eigenvalue weighted by molar-refractivity contribution is -0.154. The number of piperidine rings is 1. The molecule has 1 amide bonds. The van der Waals surface area contributed by atoms with E-state index >= 15 is 4.39 Å². The molecule has 2 heterocycles. The number of carbonyl (C=O) groups is 2. The molecule has 2 aromatic carbocycles. The molecule has 1 unspecified atom stereocenters. The number of likely N-dealkylation sites (tertiary alicyclic amines) is 1. The zero-order valence-corrected chi connectivity index (χ0v) is 29.0. The first-order valence-corrected chi connectivity index (χ1v) is 18.2. The molecule has 3 aromatic rings. The normalized spacial score (nSPS) is 23.7. The van der Waals surface area contributed by atoms with E-state index in [1.807, 2.05) is 6.07 Å². The Morgan fingerprint density at radius 2 is 1.87 bits per heavy atom. The Hall–Kier alpha value is -2.60. The van der Waals surface area contributed by atoms with Gasteiger partial charge < -0.3 is 10.0 Å². The van der Waals surface area contributed by atoms with E-state index in [2.05, 4.69) is 4.98 Å². The lowest BCUT2D eigenvalue weighted by atomic mass is 9.67. The number of carbonyl (C=O) groups excluding carboxylic acids is 1. The number of alkyl halides is 1. The van der Waals surface area contributed by atoms with Crippen LogP contribution in [0, 0.1) is 17.2 Å². The molecular formula is C33H36Cl2F2N2O5S2. The second-order valence-electron chi connectivity index (χ2n) is 13.6. The maximum absolute atomic E-state index is 15.1. The van der Waals surface area contributed by atoms with Crippen LogP contribution in [0.4, 0.5) is 8.78 Å². The van der Waals surface area contributed by atoms with Gasteiger partial charge in [0.1, 0.15) is 5.82 Å². The molecule has 0 bridgehead atoms. The summed E-state index contributed by atoms with van der Waals surface area (Å²) in [5.41, 5.74) is 0.0794. The van der Waals surface area contributed by atoms with Crippen molar-refractivity contribution in [2.24, 2.45) is 11.3 Å². The van der Waals surface area contributed by atoms with Crippen LogP contribution in [-0.4, -0.2) is 51.8 Å². The van der Waals surface area contributed by atoms with Gasteiger partial charge in [-0.3, -0.25) is 4.79 Å². The van der Waals surface area contributed by atoms with Crippen molar-refractivity contribution < 1.29 is 31.9 Å². The molecule has 13 heteroatoms. The van der Waals surface area contributed by atoms with Crippen LogP contribution in [0.1, 0.15) is 86.1 Å². The van der Waals surface area contributed by atoms with Crippen LogP contribution in [-0.2, 0) is 25.8 Å². The quantitative estimate of drug-likeness (QED) is 0.229. The van der Waals surface area contributed by atoms with Gasteiger partial charge in [0.2, 0.25) is 12.1 Å². The molecule has 2 fully saturated rings. The molecule has 46 heavy (non-hydrogen) atoms. The van der Waals surface area contributed by atoms with Gasteiger partial charge in [-0.1, -0.05) is 48.3 Å². The fourth-order valence-electron chi connectivity index (χ4n) is 6.33. The van der Waals surface area contributed by atoms with E-state index in [1.54, 1.807) is 56.9 Å². The van der Waals surface area contributed by atoms with E-state index in [9.17, 15) is 22.4 Å². The number of amides is 1. The molecule has 248 valence electrons. The number of rotatable bonds is 10. The smallest absolute Gasteiger partial charge is 0.343 e. The van der Waals surface area contributed by atoms with Gasteiger partial charge in [0.25, 0.3) is 0 Å². The Morgan fingerprint density at radius 1 is 1.17 bits per heavy atom. The van der Waals surface area contributed by atoms with E-state index in [1.165, 1.54) is 18.3 Å². The Balaban J connectivity index is 1.69. The highest BCUT2D eigenvalue weighted by atomic mass is 35.5. The molecule has 5 rings (SSSR count). The summed E-state index contributed by atoms with van der Waals surface area (Å²) in [5, 5.41) is 9.93. The zero-order valence-electron chi connectivity index (χ0n) is 25.8. The summed E-state index contributed by atoms with van der Waals surface area (Å²) < 4.78 is 55.8. The number of aliphatic carboxylic acids is 1. The third-order valence-electron chi connectivity index (χ3n) is 9.09. The number of halogens is 4. The lowest BCUT2D eigenvalue weighted by Gasteiger charge is -2.52. The van der Waals surface area contributed by atoms with Crippen LogP contribution in [0.3, 0.4) is 0 Å². The zero-order chi connectivity index (χ0) is 33.8. The number of hydrogen-bond donors (Lipinski definition) is 1. The third-order valence-corrected chi connectivity index (χ3v) is 13.3. The second-order valence-corrected chi connectivity index (χ2v) is 18.4. The molecule has 1 aliphatic heterocycles. The van der Waals surface area contributed by atoms with E-state index in [-0.39, 0.29) is 40.3 Å². The Morgan fingerprint density at radius 3 is 2.46 bits per heavy atom. The summed E-state index contributed by atoms with van der Waals surface area (Å²) in [7, 11) is -3.71. The molecule has 1 aliphatic carbocycles. The predicted octanol–water partition coefficient (Wildman–Crippen LogP) is 7.98. The topological polar surface area (TPSA) is 105 Å². The van der Waals surface area contributed by atoms with Crippen molar-refractivity contribution in [3.05, 3.63) is 85.5 Å². The number of aromatic nitrogens is 1. The number of thiazole rings is 1. The molecule has 1 saturated heterocycles. The number of carboxylic acids is 1. The van der Waals surface area contributed by atoms with Crippen molar-refractivity contribution in [2.75, 3.05) is 5.75 Å². The van der Waals surface area contributed by atoms with Gasteiger partial charge in [-0.2, -0.15) is 0 Å². The minimum atomic E-state index is -3.71.